The van der Waals surface area contributed by atoms with Crippen molar-refractivity contribution in [2.75, 3.05) is 31.1 Å². The molecule has 1 aliphatic heterocycles. The highest BCUT2D eigenvalue weighted by molar-refractivity contribution is 9.10. The third kappa shape index (κ3) is 4.99. The summed E-state index contributed by atoms with van der Waals surface area (Å²) in [5, 5.41) is 0. The largest absolute Gasteiger partial charge is 0.338 e. The molecule has 1 saturated heterocycles. The van der Waals surface area contributed by atoms with Gasteiger partial charge in [0.2, 0.25) is 11.9 Å². The monoisotopic (exact) mass is 420 g/mol. The predicted molar refractivity (Wildman–Crippen MR) is 93.8 cm³/mol. The van der Waals surface area contributed by atoms with Crippen LogP contribution < -0.4 is 4.90 Å². The average Bonchev–Trinajstić information content (AvgIpc) is 2.52. The first-order valence-corrected chi connectivity index (χ1v) is 10.2. The van der Waals surface area contributed by atoms with Crippen LogP contribution in [0.25, 0.3) is 0 Å². The van der Waals surface area contributed by atoms with E-state index in [-0.39, 0.29) is 12.3 Å². The maximum atomic E-state index is 12.5. The second kappa shape index (κ2) is 7.91. The standard InChI is InChI=1S/C14H22BrN4O4P/c1-10(2)7-12(24(21,22)23)13(20)18-3-5-19(6-4-18)14-16-8-11(15)9-17-14/h8-10,12H,3-7H2,1-2H3,(H2,21,22,23). The molecule has 8 nitrogen and oxygen atoms in total. The number of aromatic nitrogens is 2. The van der Waals surface area contributed by atoms with E-state index in [1.54, 1.807) is 12.4 Å². The third-order valence-corrected chi connectivity index (χ3v) is 5.52. The molecule has 24 heavy (non-hydrogen) atoms. The summed E-state index contributed by atoms with van der Waals surface area (Å²) in [5.41, 5.74) is -1.26. The molecular formula is C14H22BrN4O4P. The first-order valence-electron chi connectivity index (χ1n) is 7.75. The van der Waals surface area contributed by atoms with Crippen LogP contribution in [0.2, 0.25) is 0 Å². The quantitative estimate of drug-likeness (QED) is 0.694. The van der Waals surface area contributed by atoms with Gasteiger partial charge in [-0.25, -0.2) is 9.97 Å². The number of amides is 1. The molecule has 1 aromatic heterocycles. The second-order valence-electron chi connectivity index (χ2n) is 6.25. The zero-order chi connectivity index (χ0) is 17.9. The fourth-order valence-electron chi connectivity index (χ4n) is 2.63. The highest BCUT2D eigenvalue weighted by Gasteiger charge is 2.39. The molecule has 2 heterocycles. The molecule has 1 fully saturated rings. The Balaban J connectivity index is 2.00. The van der Waals surface area contributed by atoms with Gasteiger partial charge in [-0.1, -0.05) is 13.8 Å². The van der Waals surface area contributed by atoms with Gasteiger partial charge in [0, 0.05) is 38.6 Å². The molecule has 0 aromatic carbocycles. The van der Waals surface area contributed by atoms with Crippen molar-refractivity contribution in [3.63, 3.8) is 0 Å². The van der Waals surface area contributed by atoms with Gasteiger partial charge in [-0.3, -0.25) is 9.36 Å². The lowest BCUT2D eigenvalue weighted by Gasteiger charge is -2.36. The summed E-state index contributed by atoms with van der Waals surface area (Å²) < 4.78 is 12.5. The van der Waals surface area contributed by atoms with Crippen LogP contribution in [0.1, 0.15) is 20.3 Å². The van der Waals surface area contributed by atoms with Crippen LogP contribution in [0.5, 0.6) is 0 Å². The SMILES string of the molecule is CC(C)CC(C(=O)N1CCN(c2ncc(Br)cn2)CC1)P(=O)(O)O. The van der Waals surface area contributed by atoms with Gasteiger partial charge in [-0.2, -0.15) is 0 Å². The van der Waals surface area contributed by atoms with E-state index in [2.05, 4.69) is 25.9 Å². The van der Waals surface area contributed by atoms with Gasteiger partial charge < -0.3 is 19.6 Å². The van der Waals surface area contributed by atoms with Gasteiger partial charge in [-0.15, -0.1) is 0 Å². The summed E-state index contributed by atoms with van der Waals surface area (Å²) in [6.45, 7) is 5.54. The molecule has 2 rings (SSSR count). The van der Waals surface area contributed by atoms with Crippen molar-refractivity contribution in [2.45, 2.75) is 25.9 Å². The van der Waals surface area contributed by atoms with Gasteiger partial charge in [0.25, 0.3) is 0 Å². The zero-order valence-corrected chi connectivity index (χ0v) is 16.2. The minimum atomic E-state index is -4.47. The summed E-state index contributed by atoms with van der Waals surface area (Å²) in [6.07, 6.45) is 3.50. The fourth-order valence-corrected chi connectivity index (χ4v) is 3.99. The van der Waals surface area contributed by atoms with Crippen molar-refractivity contribution in [2.24, 2.45) is 5.92 Å². The molecule has 10 heteroatoms. The molecule has 2 N–H and O–H groups in total. The second-order valence-corrected chi connectivity index (χ2v) is 8.97. The molecule has 1 unspecified atom stereocenters. The third-order valence-electron chi connectivity index (χ3n) is 3.87. The number of nitrogens with zero attached hydrogens (tertiary/aromatic N) is 4. The van der Waals surface area contributed by atoms with Crippen molar-refractivity contribution in [1.82, 2.24) is 14.9 Å². The molecule has 0 saturated carbocycles. The first-order chi connectivity index (χ1) is 11.2. The molecule has 134 valence electrons. The van der Waals surface area contributed by atoms with E-state index in [1.165, 1.54) is 4.90 Å². The van der Waals surface area contributed by atoms with E-state index in [0.29, 0.717) is 32.1 Å². The fraction of sp³-hybridized carbons (Fsp3) is 0.643. The lowest BCUT2D eigenvalue weighted by molar-refractivity contribution is -0.131. The Bertz CT molecular complexity index is 614. The Morgan fingerprint density at radius 2 is 1.79 bits per heavy atom. The van der Waals surface area contributed by atoms with E-state index in [9.17, 15) is 19.1 Å². The Morgan fingerprint density at radius 1 is 1.25 bits per heavy atom. The van der Waals surface area contributed by atoms with Crippen LogP contribution >= 0.6 is 23.5 Å². The number of hydrogen-bond acceptors (Lipinski definition) is 5. The van der Waals surface area contributed by atoms with Gasteiger partial charge in [0.15, 0.2) is 0 Å². The van der Waals surface area contributed by atoms with Crippen molar-refractivity contribution >= 4 is 35.4 Å². The van der Waals surface area contributed by atoms with Crippen LogP contribution in [-0.4, -0.2) is 62.4 Å². The van der Waals surface area contributed by atoms with E-state index < -0.39 is 19.2 Å². The van der Waals surface area contributed by atoms with E-state index >= 15 is 0 Å². The molecule has 0 aliphatic carbocycles. The number of rotatable bonds is 5. The molecule has 0 bridgehead atoms. The van der Waals surface area contributed by atoms with Gasteiger partial charge in [0.1, 0.15) is 5.66 Å². The average molecular weight is 421 g/mol. The highest BCUT2D eigenvalue weighted by atomic mass is 79.9. The summed E-state index contributed by atoms with van der Waals surface area (Å²) in [4.78, 5) is 43.5. The van der Waals surface area contributed by atoms with Gasteiger partial charge >= 0.3 is 7.60 Å². The van der Waals surface area contributed by atoms with Crippen LogP contribution in [0, 0.1) is 5.92 Å². The molecular weight excluding hydrogens is 399 g/mol. The number of anilines is 1. The zero-order valence-electron chi connectivity index (χ0n) is 13.7. The molecule has 1 atom stereocenters. The van der Waals surface area contributed by atoms with Gasteiger partial charge in [-0.05, 0) is 28.3 Å². The number of hydrogen-bond donors (Lipinski definition) is 2. The lowest BCUT2D eigenvalue weighted by Crippen LogP contribution is -2.52. The maximum absolute atomic E-state index is 12.5. The predicted octanol–water partition coefficient (Wildman–Crippen LogP) is 1.48. The number of carbonyl (C=O) groups excluding carboxylic acids is 1. The lowest BCUT2D eigenvalue weighted by atomic mass is 10.1. The Morgan fingerprint density at radius 3 is 2.25 bits per heavy atom. The Hall–Kier alpha value is -1.02. The number of halogens is 1. The minimum absolute atomic E-state index is 0.0315. The van der Waals surface area contributed by atoms with Crippen LogP contribution in [0.3, 0.4) is 0 Å². The molecule has 1 aliphatic rings. The molecule has 1 amide bonds. The van der Waals surface area contributed by atoms with E-state index in [4.69, 9.17) is 0 Å². The van der Waals surface area contributed by atoms with Crippen molar-refractivity contribution in [3.05, 3.63) is 16.9 Å². The Kier molecular flexibility index (Phi) is 6.36. The van der Waals surface area contributed by atoms with Crippen molar-refractivity contribution in [1.29, 1.82) is 0 Å². The Labute approximate surface area is 149 Å². The first kappa shape index (κ1) is 19.3. The summed E-state index contributed by atoms with van der Waals surface area (Å²) in [6, 6.07) is 0. The summed E-state index contributed by atoms with van der Waals surface area (Å²) in [5.74, 6) is 0.149. The minimum Gasteiger partial charge on any atom is -0.338 e. The number of piperazine rings is 1. The van der Waals surface area contributed by atoms with Gasteiger partial charge in [0.05, 0.1) is 4.47 Å². The molecule has 1 aromatic rings. The van der Waals surface area contributed by atoms with Crippen LogP contribution in [0.15, 0.2) is 16.9 Å². The van der Waals surface area contributed by atoms with E-state index in [0.717, 1.165) is 4.47 Å². The summed E-state index contributed by atoms with van der Waals surface area (Å²) >= 11 is 3.28. The smallest absolute Gasteiger partial charge is 0.337 e. The topological polar surface area (TPSA) is 107 Å². The maximum Gasteiger partial charge on any atom is 0.337 e. The van der Waals surface area contributed by atoms with Crippen LogP contribution in [0.4, 0.5) is 5.95 Å². The highest BCUT2D eigenvalue weighted by Crippen LogP contribution is 2.45. The number of carbonyl (C=O) groups is 1. The van der Waals surface area contributed by atoms with Crippen molar-refractivity contribution in [3.8, 4) is 0 Å². The normalized spacial score (nSPS) is 17.2. The molecule has 0 spiro atoms. The molecule has 0 radical (unpaired) electrons. The van der Waals surface area contributed by atoms with E-state index in [1.807, 2.05) is 18.7 Å². The van der Waals surface area contributed by atoms with Crippen LogP contribution in [-0.2, 0) is 9.36 Å². The summed E-state index contributed by atoms with van der Waals surface area (Å²) in [7, 11) is -4.47. The van der Waals surface area contributed by atoms with Crippen molar-refractivity contribution < 1.29 is 19.1 Å².